The monoisotopic (exact) mass is 454 g/mol. The minimum atomic E-state index is -0.568. The van der Waals surface area contributed by atoms with Gasteiger partial charge >= 0.3 is 11.9 Å². The van der Waals surface area contributed by atoms with E-state index in [1.165, 1.54) is 13.8 Å². The third-order valence-corrected chi connectivity index (χ3v) is 3.59. The Labute approximate surface area is 187 Å². The van der Waals surface area contributed by atoms with E-state index in [1.54, 1.807) is 12.1 Å². The first kappa shape index (κ1) is 27.1. The molecule has 178 valence electrons. The molecule has 0 N–H and O–H groups in total. The summed E-state index contributed by atoms with van der Waals surface area (Å²) in [7, 11) is 0. The first-order chi connectivity index (χ1) is 15.4. The second kappa shape index (κ2) is 16.7. The lowest BCUT2D eigenvalue weighted by molar-refractivity contribution is -0.148. The minimum absolute atomic E-state index is 0.0712. The van der Waals surface area contributed by atoms with Crippen molar-refractivity contribution in [2.24, 2.45) is 0 Å². The molecule has 0 unspecified atom stereocenters. The number of esters is 2. The van der Waals surface area contributed by atoms with Crippen molar-refractivity contribution in [3.8, 4) is 11.5 Å². The summed E-state index contributed by atoms with van der Waals surface area (Å²) in [6.07, 6.45) is -0.473. The van der Waals surface area contributed by atoms with Crippen LogP contribution >= 0.6 is 0 Å². The third kappa shape index (κ3) is 14.1. The molecule has 32 heavy (non-hydrogen) atoms. The van der Waals surface area contributed by atoms with Crippen LogP contribution in [0.2, 0.25) is 0 Å². The molecule has 10 nitrogen and oxygen atoms in total. The number of benzene rings is 1. The molecule has 0 aromatic heterocycles. The number of hydrogen-bond acceptors (Lipinski definition) is 10. The van der Waals surface area contributed by atoms with Gasteiger partial charge in [-0.1, -0.05) is 12.1 Å². The lowest BCUT2D eigenvalue weighted by Gasteiger charge is -2.13. The number of hydrogen-bond donors (Lipinski definition) is 0. The molecular formula is C22H30O10. The predicted molar refractivity (Wildman–Crippen MR) is 112 cm³/mol. The summed E-state index contributed by atoms with van der Waals surface area (Å²) >= 11 is 0. The third-order valence-electron chi connectivity index (χ3n) is 3.59. The molecule has 0 saturated carbocycles. The second-order valence-electron chi connectivity index (χ2n) is 6.57. The van der Waals surface area contributed by atoms with Crippen LogP contribution in [0, 0.1) is 0 Å². The van der Waals surface area contributed by atoms with Crippen molar-refractivity contribution < 1.29 is 47.6 Å². The predicted octanol–water partition coefficient (Wildman–Crippen LogP) is 1.52. The molecule has 0 radical (unpaired) electrons. The maximum atomic E-state index is 11.2. The summed E-state index contributed by atoms with van der Waals surface area (Å²) in [6, 6.07) is 7.13. The van der Waals surface area contributed by atoms with Crippen LogP contribution in [0.1, 0.15) is 26.7 Å². The van der Waals surface area contributed by atoms with E-state index in [2.05, 4.69) is 0 Å². The molecule has 0 fully saturated rings. The molecule has 0 heterocycles. The zero-order chi connectivity index (χ0) is 23.6. The van der Waals surface area contributed by atoms with Crippen molar-refractivity contribution in [1.29, 1.82) is 0 Å². The molecule has 1 rings (SSSR count). The number of Topliss-reactive ketones (excluding diaryl/α,β-unsaturated/α-hetero) is 2. The lowest BCUT2D eigenvalue weighted by atomic mass is 10.3. The van der Waals surface area contributed by atoms with Crippen LogP contribution in [-0.4, -0.2) is 76.4 Å². The molecule has 0 amide bonds. The standard InChI is InChI=1S/C22H30O10/c1-17(23)15-21(25)31-13-9-27-7-11-29-19-5-3-4-6-20(19)30-12-8-28-10-14-32-22(26)16-18(2)24/h3-6H,7-16H2,1-2H3. The van der Waals surface area contributed by atoms with Gasteiger partial charge in [-0.15, -0.1) is 0 Å². The van der Waals surface area contributed by atoms with Crippen LogP contribution < -0.4 is 9.47 Å². The van der Waals surface area contributed by atoms with Gasteiger partial charge in [-0.25, -0.2) is 0 Å². The Morgan fingerprint density at radius 3 is 1.34 bits per heavy atom. The van der Waals surface area contributed by atoms with Gasteiger partial charge < -0.3 is 28.4 Å². The van der Waals surface area contributed by atoms with Gasteiger partial charge in [0.1, 0.15) is 50.8 Å². The second-order valence-corrected chi connectivity index (χ2v) is 6.57. The van der Waals surface area contributed by atoms with E-state index >= 15 is 0 Å². The zero-order valence-corrected chi connectivity index (χ0v) is 18.5. The lowest BCUT2D eigenvalue weighted by Crippen LogP contribution is -2.16. The summed E-state index contributed by atoms with van der Waals surface area (Å²) < 4.78 is 31.6. The quantitative estimate of drug-likeness (QED) is 0.183. The summed E-state index contributed by atoms with van der Waals surface area (Å²) in [5, 5.41) is 0. The van der Waals surface area contributed by atoms with Crippen LogP contribution in [0.5, 0.6) is 11.5 Å². The van der Waals surface area contributed by atoms with E-state index in [0.717, 1.165) is 0 Å². The van der Waals surface area contributed by atoms with Crippen molar-refractivity contribution in [2.45, 2.75) is 26.7 Å². The maximum absolute atomic E-state index is 11.2. The topological polar surface area (TPSA) is 124 Å². The molecule has 0 spiro atoms. The Morgan fingerprint density at radius 1 is 0.594 bits per heavy atom. The molecule has 10 heteroatoms. The highest BCUT2D eigenvalue weighted by atomic mass is 16.6. The largest absolute Gasteiger partial charge is 0.487 e. The fraction of sp³-hybridized carbons (Fsp3) is 0.545. The Morgan fingerprint density at radius 2 is 0.969 bits per heavy atom. The van der Waals surface area contributed by atoms with Crippen LogP contribution in [0.4, 0.5) is 0 Å². The van der Waals surface area contributed by atoms with E-state index in [-0.39, 0.29) is 77.3 Å². The number of carbonyl (C=O) groups excluding carboxylic acids is 4. The molecule has 0 aliphatic rings. The van der Waals surface area contributed by atoms with E-state index in [9.17, 15) is 19.2 Å². The fourth-order valence-corrected chi connectivity index (χ4v) is 2.25. The van der Waals surface area contributed by atoms with Gasteiger partial charge in [-0.3, -0.25) is 19.2 Å². The number of ketones is 2. The molecule has 0 saturated heterocycles. The van der Waals surface area contributed by atoms with E-state index < -0.39 is 11.9 Å². The van der Waals surface area contributed by atoms with Gasteiger partial charge in [-0.05, 0) is 26.0 Å². The zero-order valence-electron chi connectivity index (χ0n) is 18.5. The smallest absolute Gasteiger partial charge is 0.313 e. The Kier molecular flexibility index (Phi) is 14.1. The van der Waals surface area contributed by atoms with Gasteiger partial charge in [0, 0.05) is 0 Å². The van der Waals surface area contributed by atoms with Crippen LogP contribution in [0.15, 0.2) is 24.3 Å². The summed E-state index contributed by atoms with van der Waals surface area (Å²) in [5.41, 5.74) is 0. The SMILES string of the molecule is CC(=O)CC(=O)OCCOCCOc1ccccc1OCCOCCOC(=O)CC(C)=O. The van der Waals surface area contributed by atoms with Crippen molar-refractivity contribution >= 4 is 23.5 Å². The van der Waals surface area contributed by atoms with Gasteiger partial charge in [0.15, 0.2) is 11.5 Å². The maximum Gasteiger partial charge on any atom is 0.313 e. The van der Waals surface area contributed by atoms with Gasteiger partial charge in [0.05, 0.1) is 26.4 Å². The number of rotatable bonds is 18. The van der Waals surface area contributed by atoms with Crippen LogP contribution in [0.3, 0.4) is 0 Å². The van der Waals surface area contributed by atoms with E-state index in [0.29, 0.717) is 11.5 Å². The van der Waals surface area contributed by atoms with Gasteiger partial charge in [0.2, 0.25) is 0 Å². The molecule has 0 atom stereocenters. The fourth-order valence-electron chi connectivity index (χ4n) is 2.25. The first-order valence-corrected chi connectivity index (χ1v) is 10.2. The molecular weight excluding hydrogens is 424 g/mol. The average Bonchev–Trinajstić information content (AvgIpc) is 2.72. The number of para-hydroxylation sites is 2. The molecule has 1 aromatic rings. The first-order valence-electron chi connectivity index (χ1n) is 10.2. The molecule has 0 bridgehead atoms. The van der Waals surface area contributed by atoms with Crippen molar-refractivity contribution in [2.75, 3.05) is 52.9 Å². The number of ether oxygens (including phenoxy) is 6. The van der Waals surface area contributed by atoms with Crippen LogP contribution in [-0.2, 0) is 38.1 Å². The van der Waals surface area contributed by atoms with Crippen molar-refractivity contribution in [3.63, 3.8) is 0 Å². The normalized spacial score (nSPS) is 10.3. The minimum Gasteiger partial charge on any atom is -0.487 e. The Bertz CT molecular complexity index is 670. The highest BCUT2D eigenvalue weighted by molar-refractivity contribution is 5.94. The number of carbonyl (C=O) groups is 4. The van der Waals surface area contributed by atoms with Gasteiger partial charge in [-0.2, -0.15) is 0 Å². The highest BCUT2D eigenvalue weighted by Gasteiger charge is 2.07. The van der Waals surface area contributed by atoms with Crippen molar-refractivity contribution in [3.05, 3.63) is 24.3 Å². The van der Waals surface area contributed by atoms with Gasteiger partial charge in [0.25, 0.3) is 0 Å². The van der Waals surface area contributed by atoms with E-state index in [1.807, 2.05) is 12.1 Å². The summed E-state index contributed by atoms with van der Waals surface area (Å²) in [5.74, 6) is -0.543. The van der Waals surface area contributed by atoms with Crippen molar-refractivity contribution in [1.82, 2.24) is 0 Å². The summed E-state index contributed by atoms with van der Waals surface area (Å²) in [6.45, 7) is 4.29. The summed E-state index contributed by atoms with van der Waals surface area (Å²) in [4.78, 5) is 44.0. The molecule has 0 aliphatic carbocycles. The molecule has 0 aliphatic heterocycles. The highest BCUT2D eigenvalue weighted by Crippen LogP contribution is 2.26. The average molecular weight is 454 g/mol. The Hall–Kier alpha value is -2.98. The van der Waals surface area contributed by atoms with E-state index in [4.69, 9.17) is 28.4 Å². The Balaban J connectivity index is 2.13. The van der Waals surface area contributed by atoms with Crippen LogP contribution in [0.25, 0.3) is 0 Å². The molecule has 1 aromatic carbocycles.